The van der Waals surface area contributed by atoms with Gasteiger partial charge in [-0.1, -0.05) is 29.3 Å². The Morgan fingerprint density at radius 3 is 2.65 bits per heavy atom. The second-order valence-electron chi connectivity index (χ2n) is 4.25. The average Bonchev–Trinajstić information content (AvgIpc) is 2.69. The monoisotopic (exact) mass is 274 g/mol. The number of rotatable bonds is 4. The maximum atomic E-state index is 6.01. The minimum absolute atomic E-state index is 0.305. The van der Waals surface area contributed by atoms with E-state index >= 15 is 0 Å². The predicted octanol–water partition coefficient (Wildman–Crippen LogP) is 2.41. The molecule has 94 valence electrons. The van der Waals surface area contributed by atoms with Gasteiger partial charge in [-0.2, -0.15) is 0 Å². The van der Waals surface area contributed by atoms with E-state index in [-0.39, 0.29) is 0 Å². The summed E-state index contributed by atoms with van der Waals surface area (Å²) in [7, 11) is 0. The molecule has 0 aromatic heterocycles. The van der Waals surface area contributed by atoms with Gasteiger partial charge >= 0.3 is 0 Å². The number of likely N-dealkylation sites (tertiary alicyclic amines) is 1. The van der Waals surface area contributed by atoms with Crippen LogP contribution in [0.15, 0.2) is 18.2 Å². The molecule has 0 radical (unpaired) electrons. The van der Waals surface area contributed by atoms with Gasteiger partial charge in [0, 0.05) is 19.1 Å². The molecule has 17 heavy (non-hydrogen) atoms. The van der Waals surface area contributed by atoms with E-state index in [1.54, 1.807) is 18.2 Å². The number of nitrogens with zero attached hydrogens (tertiary/aromatic N) is 1. The molecular weight excluding hydrogens is 259 g/mol. The molecule has 1 saturated heterocycles. The topological polar surface area (TPSA) is 38.5 Å². The number of nitrogens with two attached hydrogens (primary N) is 1. The molecule has 2 rings (SSSR count). The molecule has 1 aliphatic rings. The Bertz CT molecular complexity index is 367. The first-order valence-corrected chi connectivity index (χ1v) is 6.47. The van der Waals surface area contributed by atoms with Gasteiger partial charge in [-0.15, -0.1) is 0 Å². The van der Waals surface area contributed by atoms with Crippen LogP contribution in [0.3, 0.4) is 0 Å². The molecule has 0 bridgehead atoms. The average molecular weight is 275 g/mol. The van der Waals surface area contributed by atoms with Crippen LogP contribution in [0.5, 0.6) is 5.75 Å². The lowest BCUT2D eigenvalue weighted by Gasteiger charge is -2.16. The summed E-state index contributed by atoms with van der Waals surface area (Å²) in [6, 6.07) is 5.65. The van der Waals surface area contributed by atoms with Gasteiger partial charge in [-0.3, -0.25) is 4.90 Å². The van der Waals surface area contributed by atoms with Gasteiger partial charge in [0.05, 0.1) is 10.0 Å². The van der Waals surface area contributed by atoms with Gasteiger partial charge < -0.3 is 10.5 Å². The van der Waals surface area contributed by atoms with Crippen molar-refractivity contribution in [1.29, 1.82) is 0 Å². The second-order valence-corrected chi connectivity index (χ2v) is 5.06. The van der Waals surface area contributed by atoms with Gasteiger partial charge in [0.15, 0.2) is 5.75 Å². The zero-order valence-electron chi connectivity index (χ0n) is 9.53. The molecule has 0 spiro atoms. The third-order valence-corrected chi connectivity index (χ3v) is 3.48. The quantitative estimate of drug-likeness (QED) is 0.917. The highest BCUT2D eigenvalue weighted by molar-refractivity contribution is 6.37. The van der Waals surface area contributed by atoms with E-state index in [1.807, 2.05) is 0 Å². The lowest BCUT2D eigenvalue weighted by molar-refractivity contribution is 0.236. The molecule has 2 N–H and O–H groups in total. The van der Waals surface area contributed by atoms with E-state index < -0.39 is 0 Å². The highest BCUT2D eigenvalue weighted by Crippen LogP contribution is 2.32. The normalized spacial score (nSPS) is 20.8. The SMILES string of the molecule is N[C@@H]1CCN(CCOc2c(Cl)cccc2Cl)C1. The van der Waals surface area contributed by atoms with Crippen molar-refractivity contribution in [3.63, 3.8) is 0 Å². The smallest absolute Gasteiger partial charge is 0.156 e. The Hall–Kier alpha value is -0.480. The number of ether oxygens (including phenoxy) is 1. The molecule has 1 aromatic rings. The Balaban J connectivity index is 1.82. The number of para-hydroxylation sites is 1. The Morgan fingerprint density at radius 1 is 1.35 bits per heavy atom. The Kier molecular flexibility index (Phi) is 4.51. The zero-order valence-corrected chi connectivity index (χ0v) is 11.0. The van der Waals surface area contributed by atoms with Gasteiger partial charge in [0.25, 0.3) is 0 Å². The molecule has 5 heteroatoms. The lowest BCUT2D eigenvalue weighted by Crippen LogP contribution is -2.29. The Morgan fingerprint density at radius 2 is 2.06 bits per heavy atom. The van der Waals surface area contributed by atoms with Crippen molar-refractivity contribution in [2.45, 2.75) is 12.5 Å². The van der Waals surface area contributed by atoms with Crippen molar-refractivity contribution in [1.82, 2.24) is 4.90 Å². The van der Waals surface area contributed by atoms with E-state index in [0.29, 0.717) is 28.4 Å². The fourth-order valence-corrected chi connectivity index (χ4v) is 2.47. The molecule has 0 amide bonds. The molecule has 3 nitrogen and oxygen atoms in total. The summed E-state index contributed by atoms with van der Waals surface area (Å²) in [5.41, 5.74) is 5.83. The highest BCUT2D eigenvalue weighted by atomic mass is 35.5. The molecular formula is C12H16Cl2N2O. The standard InChI is InChI=1S/C12H16Cl2N2O/c13-10-2-1-3-11(14)12(10)17-7-6-16-5-4-9(15)8-16/h1-3,9H,4-8,15H2/t9-/m1/s1. The van der Waals surface area contributed by atoms with E-state index in [1.165, 1.54) is 0 Å². The van der Waals surface area contributed by atoms with E-state index in [0.717, 1.165) is 26.1 Å². The molecule has 1 aromatic carbocycles. The van der Waals surface area contributed by atoms with Crippen LogP contribution in [0.25, 0.3) is 0 Å². The van der Waals surface area contributed by atoms with E-state index in [2.05, 4.69) is 4.90 Å². The van der Waals surface area contributed by atoms with Crippen molar-refractivity contribution < 1.29 is 4.74 Å². The van der Waals surface area contributed by atoms with Crippen LogP contribution in [0.2, 0.25) is 10.0 Å². The maximum Gasteiger partial charge on any atom is 0.156 e. The van der Waals surface area contributed by atoms with Crippen LogP contribution in [0.1, 0.15) is 6.42 Å². The van der Waals surface area contributed by atoms with Crippen LogP contribution < -0.4 is 10.5 Å². The predicted molar refractivity (Wildman–Crippen MR) is 71.0 cm³/mol. The van der Waals surface area contributed by atoms with Crippen molar-refractivity contribution in [3.8, 4) is 5.75 Å². The number of hydrogen-bond donors (Lipinski definition) is 1. The van der Waals surface area contributed by atoms with E-state index in [4.69, 9.17) is 33.7 Å². The second kappa shape index (κ2) is 5.91. The Labute approximate surface area is 111 Å². The largest absolute Gasteiger partial charge is 0.489 e. The molecule has 1 atom stereocenters. The highest BCUT2D eigenvalue weighted by Gasteiger charge is 2.18. The molecule has 0 saturated carbocycles. The molecule has 0 unspecified atom stereocenters. The number of benzene rings is 1. The third kappa shape index (κ3) is 3.49. The van der Waals surface area contributed by atoms with Gasteiger partial charge in [-0.05, 0) is 25.1 Å². The molecule has 0 aliphatic carbocycles. The summed E-state index contributed by atoms with van der Waals surface area (Å²) in [6.45, 7) is 3.42. The third-order valence-electron chi connectivity index (χ3n) is 2.88. The van der Waals surface area contributed by atoms with Crippen LogP contribution in [0.4, 0.5) is 0 Å². The zero-order chi connectivity index (χ0) is 12.3. The summed E-state index contributed by atoms with van der Waals surface area (Å²) in [5, 5.41) is 1.10. The minimum Gasteiger partial charge on any atom is -0.489 e. The summed E-state index contributed by atoms with van der Waals surface area (Å²) in [5.74, 6) is 0.569. The van der Waals surface area contributed by atoms with Crippen LogP contribution >= 0.6 is 23.2 Å². The van der Waals surface area contributed by atoms with Gasteiger partial charge in [-0.25, -0.2) is 0 Å². The number of hydrogen-bond acceptors (Lipinski definition) is 3. The first-order valence-electron chi connectivity index (χ1n) is 5.71. The number of halogens is 2. The fraction of sp³-hybridized carbons (Fsp3) is 0.500. The van der Waals surface area contributed by atoms with Gasteiger partial charge in [0.1, 0.15) is 6.61 Å². The summed E-state index contributed by atoms with van der Waals surface area (Å²) in [4.78, 5) is 2.29. The van der Waals surface area contributed by atoms with Crippen molar-refractivity contribution in [2.24, 2.45) is 5.73 Å². The van der Waals surface area contributed by atoms with Crippen LogP contribution in [-0.2, 0) is 0 Å². The maximum absolute atomic E-state index is 6.01. The minimum atomic E-state index is 0.305. The fourth-order valence-electron chi connectivity index (χ4n) is 1.96. The van der Waals surface area contributed by atoms with E-state index in [9.17, 15) is 0 Å². The van der Waals surface area contributed by atoms with Crippen LogP contribution in [0, 0.1) is 0 Å². The summed E-state index contributed by atoms with van der Waals surface area (Å²) >= 11 is 12.0. The van der Waals surface area contributed by atoms with Crippen molar-refractivity contribution in [3.05, 3.63) is 28.2 Å². The van der Waals surface area contributed by atoms with Crippen molar-refractivity contribution >= 4 is 23.2 Å². The molecule has 1 fully saturated rings. The van der Waals surface area contributed by atoms with Gasteiger partial charge in [0.2, 0.25) is 0 Å². The first kappa shape index (κ1) is 13.0. The molecule has 1 aliphatic heterocycles. The summed E-state index contributed by atoms with van der Waals surface area (Å²) < 4.78 is 5.62. The first-order chi connectivity index (χ1) is 8.16. The molecule has 1 heterocycles. The summed E-state index contributed by atoms with van der Waals surface area (Å²) in [6.07, 6.45) is 1.06. The lowest BCUT2D eigenvalue weighted by atomic mass is 10.3. The van der Waals surface area contributed by atoms with Crippen molar-refractivity contribution in [2.75, 3.05) is 26.2 Å². The van der Waals surface area contributed by atoms with Crippen LogP contribution in [-0.4, -0.2) is 37.2 Å².